The molecule has 9 heteroatoms. The van der Waals surface area contributed by atoms with Crippen molar-refractivity contribution in [3.05, 3.63) is 74.2 Å². The number of aromatic nitrogens is 3. The van der Waals surface area contributed by atoms with Crippen LogP contribution < -0.4 is 5.56 Å². The topological polar surface area (TPSA) is 73.6 Å². The number of rotatable bonds is 4. The summed E-state index contributed by atoms with van der Waals surface area (Å²) in [5, 5.41) is 4.61. The number of ether oxygens (including phenoxy) is 1. The summed E-state index contributed by atoms with van der Waals surface area (Å²) in [5.74, 6) is -0.793. The maximum Gasteiger partial charge on any atom is 0.348 e. The number of hydrogen-bond donors (Lipinski definition) is 0. The Morgan fingerprint density at radius 2 is 1.96 bits per heavy atom. The highest BCUT2D eigenvalue weighted by Gasteiger charge is 2.14. The normalized spacial score (nSPS) is 11.0. The van der Waals surface area contributed by atoms with Gasteiger partial charge in [0.2, 0.25) is 4.96 Å². The molecule has 3 heterocycles. The molecule has 0 unspecified atom stereocenters. The first-order valence-corrected chi connectivity index (χ1v) is 9.52. The molecule has 4 rings (SSSR count). The van der Waals surface area contributed by atoms with Crippen LogP contribution in [0.25, 0.3) is 15.4 Å². The highest BCUT2D eigenvalue weighted by molar-refractivity contribution is 7.17. The summed E-state index contributed by atoms with van der Waals surface area (Å²) in [6.45, 7) is 1.69. The van der Waals surface area contributed by atoms with Crippen LogP contribution in [0.15, 0.2) is 47.3 Å². The molecule has 0 amide bonds. The van der Waals surface area contributed by atoms with E-state index >= 15 is 0 Å². The van der Waals surface area contributed by atoms with E-state index in [2.05, 4.69) is 10.1 Å². The molecule has 0 bridgehead atoms. The van der Waals surface area contributed by atoms with Crippen LogP contribution in [0, 0.1) is 12.7 Å². The predicted octanol–water partition coefficient (Wildman–Crippen LogP) is 3.68. The Balaban J connectivity index is 1.48. The Labute approximate surface area is 160 Å². The van der Waals surface area contributed by atoms with Crippen LogP contribution in [0.5, 0.6) is 0 Å². The number of esters is 1. The van der Waals surface area contributed by atoms with Gasteiger partial charge < -0.3 is 4.74 Å². The lowest BCUT2D eigenvalue weighted by atomic mass is 10.2. The number of aryl methyl sites for hydroxylation is 1. The van der Waals surface area contributed by atoms with Crippen LogP contribution in [0.2, 0.25) is 0 Å². The van der Waals surface area contributed by atoms with Crippen LogP contribution in [0.3, 0.4) is 0 Å². The average Bonchev–Trinajstić information content (AvgIpc) is 3.27. The predicted molar refractivity (Wildman–Crippen MR) is 101 cm³/mol. The quantitative estimate of drug-likeness (QED) is 0.488. The minimum absolute atomic E-state index is 0.0465. The molecule has 4 aromatic rings. The molecule has 1 aromatic carbocycles. The number of hydrogen-bond acceptors (Lipinski definition) is 7. The molecule has 136 valence electrons. The summed E-state index contributed by atoms with van der Waals surface area (Å²) in [7, 11) is 0. The zero-order valence-corrected chi connectivity index (χ0v) is 15.6. The van der Waals surface area contributed by atoms with Crippen molar-refractivity contribution in [3.63, 3.8) is 0 Å². The van der Waals surface area contributed by atoms with E-state index in [0.717, 1.165) is 10.4 Å². The third-order valence-corrected chi connectivity index (χ3v) is 5.67. The van der Waals surface area contributed by atoms with Crippen LogP contribution in [0.1, 0.15) is 20.4 Å². The molecular weight excluding hydrogens is 389 g/mol. The van der Waals surface area contributed by atoms with Crippen molar-refractivity contribution < 1.29 is 13.9 Å². The summed E-state index contributed by atoms with van der Waals surface area (Å²) in [4.78, 5) is 30.1. The number of carbonyl (C=O) groups is 1. The Morgan fingerprint density at radius 3 is 2.74 bits per heavy atom. The van der Waals surface area contributed by atoms with Gasteiger partial charge in [0.25, 0.3) is 5.56 Å². The zero-order chi connectivity index (χ0) is 19.0. The van der Waals surface area contributed by atoms with Crippen molar-refractivity contribution in [2.24, 2.45) is 0 Å². The summed E-state index contributed by atoms with van der Waals surface area (Å²) >= 11 is 2.46. The molecular formula is C18H12FN3O3S2. The Hall–Kier alpha value is -2.91. The van der Waals surface area contributed by atoms with E-state index in [9.17, 15) is 14.0 Å². The second kappa shape index (κ2) is 7.01. The molecule has 0 saturated carbocycles. The van der Waals surface area contributed by atoms with Crippen molar-refractivity contribution in [2.45, 2.75) is 13.5 Å². The van der Waals surface area contributed by atoms with Crippen molar-refractivity contribution in [3.8, 4) is 10.4 Å². The van der Waals surface area contributed by atoms with Crippen LogP contribution >= 0.6 is 22.7 Å². The number of fused-ring (bicyclic) bond motifs is 1. The van der Waals surface area contributed by atoms with E-state index in [-0.39, 0.29) is 18.0 Å². The molecule has 0 radical (unpaired) electrons. The molecule has 0 fully saturated rings. The maximum absolute atomic E-state index is 13.0. The van der Waals surface area contributed by atoms with Gasteiger partial charge in [-0.1, -0.05) is 23.5 Å². The van der Waals surface area contributed by atoms with Crippen molar-refractivity contribution in [1.29, 1.82) is 0 Å². The molecule has 6 nitrogen and oxygen atoms in total. The smallest absolute Gasteiger partial charge is 0.348 e. The lowest BCUT2D eigenvalue weighted by molar-refractivity contribution is 0.0477. The van der Waals surface area contributed by atoms with Gasteiger partial charge in [0, 0.05) is 16.6 Å². The summed E-state index contributed by atoms with van der Waals surface area (Å²) in [5.41, 5.74) is 1.17. The molecule has 0 aliphatic rings. The van der Waals surface area contributed by atoms with Crippen molar-refractivity contribution in [2.75, 3.05) is 0 Å². The fourth-order valence-electron chi connectivity index (χ4n) is 2.43. The lowest BCUT2D eigenvalue weighted by Gasteiger charge is -1.99. The molecule has 3 aromatic heterocycles. The number of benzene rings is 1. The molecule has 0 spiro atoms. The van der Waals surface area contributed by atoms with E-state index < -0.39 is 5.97 Å². The minimum Gasteiger partial charge on any atom is -0.454 e. The first-order valence-electron chi connectivity index (χ1n) is 7.89. The first-order chi connectivity index (χ1) is 13.0. The molecule has 27 heavy (non-hydrogen) atoms. The lowest BCUT2D eigenvalue weighted by Crippen LogP contribution is -2.14. The first kappa shape index (κ1) is 17.5. The number of carbonyl (C=O) groups excluding carboxylic acids is 1. The zero-order valence-electron chi connectivity index (χ0n) is 14.0. The van der Waals surface area contributed by atoms with Crippen LogP contribution in [0.4, 0.5) is 4.39 Å². The Kier molecular flexibility index (Phi) is 4.54. The fourth-order valence-corrected chi connectivity index (χ4v) is 4.20. The van der Waals surface area contributed by atoms with E-state index in [4.69, 9.17) is 4.74 Å². The van der Waals surface area contributed by atoms with E-state index in [0.29, 0.717) is 20.5 Å². The van der Waals surface area contributed by atoms with Gasteiger partial charge in [0.15, 0.2) is 5.01 Å². The minimum atomic E-state index is -0.482. The highest BCUT2D eigenvalue weighted by atomic mass is 32.1. The van der Waals surface area contributed by atoms with Gasteiger partial charge in [0.1, 0.15) is 17.3 Å². The Morgan fingerprint density at radius 1 is 1.19 bits per heavy atom. The van der Waals surface area contributed by atoms with E-state index in [1.54, 1.807) is 31.2 Å². The largest absolute Gasteiger partial charge is 0.454 e. The van der Waals surface area contributed by atoms with Gasteiger partial charge in [-0.15, -0.1) is 11.3 Å². The second-order valence-electron chi connectivity index (χ2n) is 5.67. The maximum atomic E-state index is 13.0. The molecule has 0 aliphatic carbocycles. The summed E-state index contributed by atoms with van der Waals surface area (Å²) in [6, 6.07) is 10.9. The van der Waals surface area contributed by atoms with Crippen LogP contribution in [-0.2, 0) is 11.3 Å². The van der Waals surface area contributed by atoms with Gasteiger partial charge in [-0.25, -0.2) is 14.2 Å². The molecule has 0 atom stereocenters. The Bertz CT molecular complexity index is 1190. The monoisotopic (exact) mass is 401 g/mol. The number of thiophene rings is 1. The molecule has 0 aliphatic heterocycles. The van der Waals surface area contributed by atoms with Crippen LogP contribution in [-0.4, -0.2) is 20.6 Å². The van der Waals surface area contributed by atoms with E-state index in [1.807, 2.05) is 0 Å². The number of halogens is 1. The molecule has 0 N–H and O–H groups in total. The van der Waals surface area contributed by atoms with Gasteiger partial charge in [-0.3, -0.25) is 4.79 Å². The standard InChI is InChI=1S/C18H12FN3O3S2/c1-10-8-16(23)22-18(20-10)27-15(21-22)9-25-17(24)14-7-6-13(26-14)11-2-4-12(19)5-3-11/h2-8H,9H2,1H3. The van der Waals surface area contributed by atoms with Gasteiger partial charge in [0.05, 0.1) is 0 Å². The molecule has 0 saturated heterocycles. The third kappa shape index (κ3) is 3.64. The third-order valence-electron chi connectivity index (χ3n) is 3.68. The SMILES string of the molecule is Cc1cc(=O)n2nc(COC(=O)c3ccc(-c4ccc(F)cc4)s3)sc2n1. The number of nitrogens with zero attached hydrogens (tertiary/aromatic N) is 3. The van der Waals surface area contributed by atoms with Gasteiger partial charge >= 0.3 is 5.97 Å². The fraction of sp³-hybridized carbons (Fsp3) is 0.111. The van der Waals surface area contributed by atoms with E-state index in [1.165, 1.54) is 45.4 Å². The summed E-state index contributed by atoms with van der Waals surface area (Å²) < 4.78 is 19.5. The second-order valence-corrected chi connectivity index (χ2v) is 7.80. The van der Waals surface area contributed by atoms with Gasteiger partial charge in [-0.05, 0) is 36.8 Å². The van der Waals surface area contributed by atoms with Crippen molar-refractivity contribution >= 4 is 33.6 Å². The van der Waals surface area contributed by atoms with Gasteiger partial charge in [-0.2, -0.15) is 9.61 Å². The highest BCUT2D eigenvalue weighted by Crippen LogP contribution is 2.29. The average molecular weight is 401 g/mol. The van der Waals surface area contributed by atoms with Crippen molar-refractivity contribution in [1.82, 2.24) is 14.6 Å². The summed E-state index contributed by atoms with van der Waals surface area (Å²) in [6.07, 6.45) is 0.